The van der Waals surface area contributed by atoms with Crippen molar-refractivity contribution in [2.75, 3.05) is 35.1 Å². The molecule has 0 fully saturated rings. The van der Waals surface area contributed by atoms with E-state index in [-0.39, 0.29) is 5.95 Å². The third kappa shape index (κ3) is 3.14. The lowest BCUT2D eigenvalue weighted by atomic mass is 10.3. The lowest BCUT2D eigenvalue weighted by molar-refractivity contribution is 0.753. The minimum atomic E-state index is 0.216. The Kier molecular flexibility index (Phi) is 4.63. The average Bonchev–Trinajstić information content (AvgIpc) is 2.27. The van der Waals surface area contributed by atoms with Gasteiger partial charge in [0.15, 0.2) is 0 Å². The number of nitrogens with two attached hydrogens (primary N) is 2. The molecule has 0 aliphatic heterocycles. The molecule has 1 aromatic rings. The van der Waals surface area contributed by atoms with Gasteiger partial charge in [-0.15, -0.1) is 0 Å². The third-order valence-corrected chi connectivity index (χ3v) is 3.12. The Labute approximate surface area is 99.8 Å². The summed E-state index contributed by atoms with van der Waals surface area (Å²) in [7, 11) is 1.98. The van der Waals surface area contributed by atoms with Crippen LogP contribution in [0.2, 0.25) is 0 Å². The molecule has 0 aliphatic rings. The zero-order valence-electron chi connectivity index (χ0n) is 9.77. The first-order valence-corrected chi connectivity index (χ1v) is 6.30. The third-order valence-electron chi connectivity index (χ3n) is 2.31. The zero-order valence-corrected chi connectivity index (χ0v) is 10.6. The Morgan fingerprint density at radius 3 is 2.81 bits per heavy atom. The predicted octanol–water partition coefficient (Wildman–Crippen LogP) is 0.532. The van der Waals surface area contributed by atoms with Crippen molar-refractivity contribution in [2.45, 2.75) is 13.0 Å². The average molecular weight is 242 g/mol. The smallest absolute Gasteiger partial charge is 0.223 e. The highest BCUT2D eigenvalue weighted by Crippen LogP contribution is 2.18. The Morgan fingerprint density at radius 2 is 2.25 bits per heavy atom. The van der Waals surface area contributed by atoms with E-state index in [2.05, 4.69) is 33.5 Å². The van der Waals surface area contributed by atoms with E-state index >= 15 is 0 Å². The summed E-state index contributed by atoms with van der Waals surface area (Å²) in [4.78, 5) is 10.2. The number of thioether (sulfide) groups is 1. The first kappa shape index (κ1) is 12.9. The number of nitrogens with one attached hydrogen (secondary N) is 1. The summed E-state index contributed by atoms with van der Waals surface area (Å²) in [5.74, 6) is 7.82. The van der Waals surface area contributed by atoms with Crippen molar-refractivity contribution in [1.82, 2.24) is 9.97 Å². The van der Waals surface area contributed by atoms with E-state index in [9.17, 15) is 0 Å². The predicted molar refractivity (Wildman–Crippen MR) is 70.5 cm³/mol. The van der Waals surface area contributed by atoms with Crippen LogP contribution in [0.4, 0.5) is 17.6 Å². The second-order valence-corrected chi connectivity index (χ2v) is 4.44. The van der Waals surface area contributed by atoms with Gasteiger partial charge in [-0.2, -0.15) is 21.7 Å². The van der Waals surface area contributed by atoms with Gasteiger partial charge in [0.05, 0.1) is 0 Å². The summed E-state index contributed by atoms with van der Waals surface area (Å²) in [6.07, 6.45) is 2.07. The van der Waals surface area contributed by atoms with Crippen molar-refractivity contribution >= 4 is 29.3 Å². The molecule has 1 unspecified atom stereocenters. The fraction of sp³-hybridized carbons (Fsp3) is 0.556. The maximum atomic E-state index is 5.60. The van der Waals surface area contributed by atoms with Gasteiger partial charge in [-0.3, -0.25) is 0 Å². The van der Waals surface area contributed by atoms with Gasteiger partial charge < -0.3 is 16.1 Å². The monoisotopic (exact) mass is 242 g/mol. The summed E-state index contributed by atoms with van der Waals surface area (Å²) in [6.45, 7) is 2.13. The van der Waals surface area contributed by atoms with Gasteiger partial charge in [0.2, 0.25) is 5.95 Å². The number of anilines is 3. The van der Waals surface area contributed by atoms with Crippen molar-refractivity contribution in [2.24, 2.45) is 5.84 Å². The van der Waals surface area contributed by atoms with Crippen LogP contribution in [-0.4, -0.2) is 35.1 Å². The number of rotatable bonds is 5. The lowest BCUT2D eigenvalue weighted by Crippen LogP contribution is -2.32. The maximum absolute atomic E-state index is 5.60. The van der Waals surface area contributed by atoms with Crippen LogP contribution in [0.15, 0.2) is 6.07 Å². The standard InChI is InChI=1S/C9H18N6S/c1-6(5-16-3)15(2)8-4-7(14-11)12-9(10)13-8/h4,6H,5,11H2,1-3H3,(H3,10,12,13,14). The summed E-state index contributed by atoms with van der Waals surface area (Å²) < 4.78 is 0. The van der Waals surface area contributed by atoms with Gasteiger partial charge in [0.1, 0.15) is 11.6 Å². The van der Waals surface area contributed by atoms with Crippen molar-refractivity contribution in [3.8, 4) is 0 Å². The number of nitrogens with zero attached hydrogens (tertiary/aromatic N) is 3. The Balaban J connectivity index is 2.89. The second kappa shape index (κ2) is 5.76. The Hall–Kier alpha value is -1.21. The van der Waals surface area contributed by atoms with Gasteiger partial charge in [-0.1, -0.05) is 0 Å². The van der Waals surface area contributed by atoms with Crippen molar-refractivity contribution in [1.29, 1.82) is 0 Å². The van der Waals surface area contributed by atoms with Crippen molar-refractivity contribution < 1.29 is 0 Å². The molecule has 0 aromatic carbocycles. The molecule has 1 atom stereocenters. The van der Waals surface area contributed by atoms with Crippen LogP contribution >= 0.6 is 11.8 Å². The Morgan fingerprint density at radius 1 is 1.56 bits per heavy atom. The lowest BCUT2D eigenvalue weighted by Gasteiger charge is -2.25. The number of hydrogen-bond donors (Lipinski definition) is 3. The molecule has 0 saturated heterocycles. The number of aromatic nitrogens is 2. The van der Waals surface area contributed by atoms with Crippen LogP contribution in [0.5, 0.6) is 0 Å². The highest BCUT2D eigenvalue weighted by molar-refractivity contribution is 7.98. The van der Waals surface area contributed by atoms with E-state index < -0.39 is 0 Å². The summed E-state index contributed by atoms with van der Waals surface area (Å²) >= 11 is 1.79. The zero-order chi connectivity index (χ0) is 12.1. The highest BCUT2D eigenvalue weighted by atomic mass is 32.2. The molecule has 0 aliphatic carbocycles. The first-order chi connectivity index (χ1) is 7.58. The van der Waals surface area contributed by atoms with E-state index in [0.717, 1.165) is 11.6 Å². The molecule has 1 aromatic heterocycles. The van der Waals surface area contributed by atoms with Crippen LogP contribution in [0.25, 0.3) is 0 Å². The molecule has 7 heteroatoms. The van der Waals surface area contributed by atoms with Crippen molar-refractivity contribution in [3.05, 3.63) is 6.07 Å². The normalized spacial score (nSPS) is 12.2. The molecule has 5 N–H and O–H groups in total. The van der Waals surface area contributed by atoms with E-state index in [1.165, 1.54) is 0 Å². The van der Waals surface area contributed by atoms with E-state index in [1.54, 1.807) is 17.8 Å². The van der Waals surface area contributed by atoms with Crippen LogP contribution < -0.4 is 21.9 Å². The van der Waals surface area contributed by atoms with Gasteiger partial charge in [-0.05, 0) is 13.2 Å². The van der Waals surface area contributed by atoms with Crippen molar-refractivity contribution in [3.63, 3.8) is 0 Å². The number of nitrogen functional groups attached to an aromatic ring is 2. The van der Waals surface area contributed by atoms with Crippen LogP contribution in [0.3, 0.4) is 0 Å². The fourth-order valence-corrected chi connectivity index (χ4v) is 1.99. The summed E-state index contributed by atoms with van der Waals surface area (Å²) in [5.41, 5.74) is 8.07. The topological polar surface area (TPSA) is 93.1 Å². The summed E-state index contributed by atoms with van der Waals surface area (Å²) in [5, 5.41) is 0. The van der Waals surface area contributed by atoms with Crippen LogP contribution in [0.1, 0.15) is 6.92 Å². The summed E-state index contributed by atoms with van der Waals surface area (Å²) in [6, 6.07) is 2.14. The maximum Gasteiger partial charge on any atom is 0.223 e. The van der Waals surface area contributed by atoms with Crippen LogP contribution in [-0.2, 0) is 0 Å². The quantitative estimate of drug-likeness (QED) is 0.512. The molecule has 16 heavy (non-hydrogen) atoms. The SMILES string of the molecule is CSCC(C)N(C)c1cc(NN)nc(N)n1. The number of hydrogen-bond acceptors (Lipinski definition) is 7. The molecule has 0 saturated carbocycles. The molecule has 0 bridgehead atoms. The van der Waals surface area contributed by atoms with Gasteiger partial charge >= 0.3 is 0 Å². The minimum absolute atomic E-state index is 0.216. The Bertz CT molecular complexity index is 345. The van der Waals surface area contributed by atoms with Gasteiger partial charge in [0, 0.05) is 24.9 Å². The largest absolute Gasteiger partial charge is 0.368 e. The second-order valence-electron chi connectivity index (χ2n) is 3.53. The van der Waals surface area contributed by atoms with Gasteiger partial charge in [-0.25, -0.2) is 5.84 Å². The first-order valence-electron chi connectivity index (χ1n) is 4.91. The van der Waals surface area contributed by atoms with E-state index in [1.807, 2.05) is 7.05 Å². The molecule has 0 spiro atoms. The molecule has 1 heterocycles. The van der Waals surface area contributed by atoms with Crippen LogP contribution in [0, 0.1) is 0 Å². The van der Waals surface area contributed by atoms with E-state index in [0.29, 0.717) is 11.9 Å². The molecule has 90 valence electrons. The highest BCUT2D eigenvalue weighted by Gasteiger charge is 2.12. The molecule has 0 amide bonds. The number of hydrazine groups is 1. The molecule has 6 nitrogen and oxygen atoms in total. The van der Waals surface area contributed by atoms with E-state index in [4.69, 9.17) is 11.6 Å². The molecular formula is C9H18N6S. The van der Waals surface area contributed by atoms with Gasteiger partial charge in [0.25, 0.3) is 0 Å². The fourth-order valence-electron chi connectivity index (χ4n) is 1.29. The minimum Gasteiger partial charge on any atom is -0.368 e. The molecular weight excluding hydrogens is 224 g/mol. The molecule has 0 radical (unpaired) electrons. The molecule has 1 rings (SSSR count).